The first kappa shape index (κ1) is 19.1. The number of likely N-dealkylation sites (tertiary alicyclic amines) is 1. The summed E-state index contributed by atoms with van der Waals surface area (Å²) in [5.74, 6) is 1.38. The Morgan fingerprint density at radius 1 is 1.18 bits per heavy atom. The van der Waals surface area contributed by atoms with Crippen LogP contribution >= 0.6 is 0 Å². The number of hydrogen-bond donors (Lipinski definition) is 2. The third-order valence-corrected chi connectivity index (χ3v) is 6.27. The predicted octanol–water partition coefficient (Wildman–Crippen LogP) is 2.82. The van der Waals surface area contributed by atoms with Crippen molar-refractivity contribution in [1.82, 2.24) is 20.7 Å². The van der Waals surface area contributed by atoms with Crippen LogP contribution in [0.4, 0.5) is 0 Å². The van der Waals surface area contributed by atoms with Gasteiger partial charge in [0, 0.05) is 50.4 Å². The van der Waals surface area contributed by atoms with Gasteiger partial charge in [0.2, 0.25) is 5.91 Å². The summed E-state index contributed by atoms with van der Waals surface area (Å²) < 4.78 is 0. The largest absolute Gasteiger partial charge is 0.343 e. The minimum atomic E-state index is 0.281. The number of rotatable bonds is 5. The fourth-order valence-electron chi connectivity index (χ4n) is 4.65. The Balaban J connectivity index is 1.30. The van der Waals surface area contributed by atoms with Crippen LogP contribution in [-0.4, -0.2) is 41.5 Å². The van der Waals surface area contributed by atoms with Crippen molar-refractivity contribution < 1.29 is 4.79 Å². The number of hydrogen-bond acceptors (Lipinski definition) is 4. The zero-order chi connectivity index (χ0) is 19.3. The van der Waals surface area contributed by atoms with Gasteiger partial charge >= 0.3 is 0 Å². The van der Waals surface area contributed by atoms with Crippen LogP contribution in [0.3, 0.4) is 0 Å². The van der Waals surface area contributed by atoms with Crippen molar-refractivity contribution in [3.63, 3.8) is 0 Å². The topological polar surface area (TPSA) is 57.3 Å². The van der Waals surface area contributed by atoms with E-state index in [1.165, 1.54) is 16.7 Å². The molecule has 1 amide bonds. The van der Waals surface area contributed by atoms with Crippen molar-refractivity contribution in [3.8, 4) is 0 Å². The molecule has 2 N–H and O–H groups in total. The van der Waals surface area contributed by atoms with Crippen molar-refractivity contribution in [1.29, 1.82) is 0 Å². The van der Waals surface area contributed by atoms with Crippen LogP contribution in [0.2, 0.25) is 0 Å². The first-order valence-electron chi connectivity index (χ1n) is 10.4. The number of hydrazine groups is 1. The molecule has 1 aromatic heterocycles. The van der Waals surface area contributed by atoms with E-state index >= 15 is 0 Å². The molecule has 5 nitrogen and oxygen atoms in total. The van der Waals surface area contributed by atoms with E-state index in [4.69, 9.17) is 0 Å². The van der Waals surface area contributed by atoms with Gasteiger partial charge in [0.1, 0.15) is 0 Å². The maximum absolute atomic E-state index is 12.6. The van der Waals surface area contributed by atoms with Gasteiger partial charge in [-0.2, -0.15) is 0 Å². The van der Waals surface area contributed by atoms with Gasteiger partial charge in [-0.3, -0.25) is 20.6 Å². The van der Waals surface area contributed by atoms with Crippen LogP contribution in [0.15, 0.2) is 48.8 Å². The highest BCUT2D eigenvalue weighted by atomic mass is 16.2. The molecule has 0 bridgehead atoms. The highest BCUT2D eigenvalue weighted by Crippen LogP contribution is 2.32. The maximum Gasteiger partial charge on any atom is 0.222 e. The van der Waals surface area contributed by atoms with E-state index in [0.29, 0.717) is 24.3 Å². The Kier molecular flexibility index (Phi) is 6.03. The van der Waals surface area contributed by atoms with Crippen LogP contribution in [0.5, 0.6) is 0 Å². The molecule has 2 atom stereocenters. The zero-order valence-electron chi connectivity index (χ0n) is 16.6. The summed E-state index contributed by atoms with van der Waals surface area (Å²) in [4.78, 5) is 18.7. The van der Waals surface area contributed by atoms with Gasteiger partial charge in [0.25, 0.3) is 0 Å². The zero-order valence-corrected chi connectivity index (χ0v) is 16.6. The lowest BCUT2D eigenvalue weighted by atomic mass is 9.80. The molecule has 0 spiro atoms. The van der Waals surface area contributed by atoms with Crippen LogP contribution < -0.4 is 10.9 Å². The Hall–Kier alpha value is -2.24. The summed E-state index contributed by atoms with van der Waals surface area (Å²) in [7, 11) is 0. The summed E-state index contributed by atoms with van der Waals surface area (Å²) in [6.07, 6.45) is 7.11. The number of aryl methyl sites for hydroxylation is 2. The van der Waals surface area contributed by atoms with Crippen LogP contribution in [0.1, 0.15) is 41.9 Å². The van der Waals surface area contributed by atoms with Gasteiger partial charge in [0.05, 0.1) is 0 Å². The SMILES string of the molecule is Cc1cccc(C2CNNC2C2CCN(C(=O)CCc3ccncc3)CC2)c1. The van der Waals surface area contributed by atoms with Crippen LogP contribution in [0, 0.1) is 12.8 Å². The Morgan fingerprint density at radius 3 is 2.71 bits per heavy atom. The second kappa shape index (κ2) is 8.84. The lowest BCUT2D eigenvalue weighted by molar-refractivity contribution is -0.132. The van der Waals surface area contributed by atoms with Gasteiger partial charge in [-0.05, 0) is 55.4 Å². The molecule has 1 aromatic carbocycles. The summed E-state index contributed by atoms with van der Waals surface area (Å²) in [5, 5.41) is 0. The predicted molar refractivity (Wildman–Crippen MR) is 111 cm³/mol. The molecule has 5 heteroatoms. The minimum absolute atomic E-state index is 0.281. The lowest BCUT2D eigenvalue weighted by Crippen LogP contribution is -2.45. The smallest absolute Gasteiger partial charge is 0.222 e. The average molecular weight is 379 g/mol. The lowest BCUT2D eigenvalue weighted by Gasteiger charge is -2.36. The van der Waals surface area contributed by atoms with Gasteiger partial charge in [-0.15, -0.1) is 0 Å². The molecule has 4 rings (SSSR count). The number of piperidine rings is 1. The molecule has 2 unspecified atom stereocenters. The molecule has 148 valence electrons. The molecule has 0 aliphatic carbocycles. The molecule has 2 fully saturated rings. The van der Waals surface area contributed by atoms with Crippen LogP contribution in [-0.2, 0) is 11.2 Å². The van der Waals surface area contributed by atoms with E-state index in [1.54, 1.807) is 12.4 Å². The third-order valence-electron chi connectivity index (χ3n) is 6.27. The van der Waals surface area contributed by atoms with Gasteiger partial charge in [-0.1, -0.05) is 29.8 Å². The number of carbonyl (C=O) groups is 1. The summed E-state index contributed by atoms with van der Waals surface area (Å²) in [6, 6.07) is 13.3. The number of amides is 1. The molecule has 3 heterocycles. The van der Waals surface area contributed by atoms with Crippen molar-refractivity contribution in [2.75, 3.05) is 19.6 Å². The van der Waals surface area contributed by atoms with Crippen LogP contribution in [0.25, 0.3) is 0 Å². The number of nitrogens with one attached hydrogen (secondary N) is 2. The fourth-order valence-corrected chi connectivity index (χ4v) is 4.65. The second-order valence-corrected chi connectivity index (χ2v) is 8.15. The number of pyridine rings is 1. The molecular formula is C23H30N4O. The Bertz CT molecular complexity index is 786. The van der Waals surface area contributed by atoms with E-state index < -0.39 is 0 Å². The molecule has 2 aliphatic rings. The number of nitrogens with zero attached hydrogens (tertiary/aromatic N) is 2. The second-order valence-electron chi connectivity index (χ2n) is 8.15. The highest BCUT2D eigenvalue weighted by Gasteiger charge is 2.36. The maximum atomic E-state index is 12.6. The van der Waals surface area contributed by atoms with Gasteiger partial charge < -0.3 is 4.90 Å². The van der Waals surface area contributed by atoms with Gasteiger partial charge in [0.15, 0.2) is 0 Å². The van der Waals surface area contributed by atoms with E-state index in [9.17, 15) is 4.79 Å². The summed E-state index contributed by atoms with van der Waals surface area (Å²) in [5.41, 5.74) is 10.8. The molecule has 2 saturated heterocycles. The number of benzene rings is 1. The Labute approximate surface area is 167 Å². The quantitative estimate of drug-likeness (QED) is 0.840. The van der Waals surface area contributed by atoms with E-state index in [-0.39, 0.29) is 5.91 Å². The molecule has 2 aromatic rings. The monoisotopic (exact) mass is 378 g/mol. The van der Waals surface area contributed by atoms with E-state index in [0.717, 1.165) is 38.9 Å². The normalized spacial score (nSPS) is 23.1. The van der Waals surface area contributed by atoms with E-state index in [1.807, 2.05) is 12.1 Å². The Morgan fingerprint density at radius 2 is 1.96 bits per heavy atom. The molecular weight excluding hydrogens is 348 g/mol. The first-order valence-corrected chi connectivity index (χ1v) is 10.4. The molecule has 2 aliphatic heterocycles. The average Bonchev–Trinajstić information content (AvgIpc) is 3.23. The van der Waals surface area contributed by atoms with Crippen molar-refractivity contribution >= 4 is 5.91 Å². The first-order chi connectivity index (χ1) is 13.7. The minimum Gasteiger partial charge on any atom is -0.343 e. The number of aromatic nitrogens is 1. The fraction of sp³-hybridized carbons (Fsp3) is 0.478. The van der Waals surface area contributed by atoms with E-state index in [2.05, 4.69) is 51.9 Å². The van der Waals surface area contributed by atoms with Gasteiger partial charge in [-0.25, -0.2) is 0 Å². The standard InChI is InChI=1S/C23H30N4O/c1-17-3-2-4-20(15-17)21-16-25-26-23(21)19-9-13-27(14-10-19)22(28)6-5-18-7-11-24-12-8-18/h2-4,7-8,11-12,15,19,21,23,25-26H,5-6,9-10,13-14,16H2,1H3. The number of carbonyl (C=O) groups excluding carboxylic acids is 1. The third kappa shape index (κ3) is 4.42. The van der Waals surface area contributed by atoms with Crippen molar-refractivity contribution in [2.45, 2.75) is 44.6 Å². The van der Waals surface area contributed by atoms with Crippen molar-refractivity contribution in [3.05, 3.63) is 65.5 Å². The molecule has 0 saturated carbocycles. The molecule has 0 radical (unpaired) electrons. The van der Waals surface area contributed by atoms with Crippen molar-refractivity contribution in [2.24, 2.45) is 5.92 Å². The summed E-state index contributed by atoms with van der Waals surface area (Å²) >= 11 is 0. The summed E-state index contributed by atoms with van der Waals surface area (Å²) in [6.45, 7) is 4.88. The highest BCUT2D eigenvalue weighted by molar-refractivity contribution is 5.76. The molecule has 28 heavy (non-hydrogen) atoms.